The molecule has 0 aliphatic rings. The summed E-state index contributed by atoms with van der Waals surface area (Å²) in [6.45, 7) is 4.39. The van der Waals surface area contributed by atoms with Crippen LogP contribution in [0.2, 0.25) is 0 Å². The Morgan fingerprint density at radius 1 is 1.05 bits per heavy atom. The van der Waals surface area contributed by atoms with Gasteiger partial charge in [-0.05, 0) is 68.4 Å². The van der Waals surface area contributed by atoms with Gasteiger partial charge < -0.3 is 14.1 Å². The molecule has 0 radical (unpaired) electrons. The monoisotopic (exact) mass is 571 g/mol. The predicted molar refractivity (Wildman–Crippen MR) is 150 cm³/mol. The maximum atomic E-state index is 14.0. The van der Waals surface area contributed by atoms with E-state index in [1.807, 2.05) is 68.4 Å². The van der Waals surface area contributed by atoms with Gasteiger partial charge in [0.25, 0.3) is 11.5 Å². The van der Waals surface area contributed by atoms with E-state index in [4.69, 9.17) is 14.1 Å². The van der Waals surface area contributed by atoms with Crippen LogP contribution in [0.5, 0.6) is 5.75 Å². The summed E-state index contributed by atoms with van der Waals surface area (Å²) in [5.74, 6) is 1.36. The first kappa shape index (κ1) is 25.5. The lowest BCUT2D eigenvalue weighted by molar-refractivity contribution is 0.0648. The number of ether oxygens (including phenoxy) is 1. The third kappa shape index (κ3) is 4.99. The Morgan fingerprint density at radius 2 is 1.84 bits per heavy atom. The molecule has 2 aromatic heterocycles. The second-order valence-electron chi connectivity index (χ2n) is 8.73. The molecule has 7 nitrogen and oxygen atoms in total. The Balaban J connectivity index is 1.72. The van der Waals surface area contributed by atoms with Crippen molar-refractivity contribution in [2.24, 2.45) is 0 Å². The van der Waals surface area contributed by atoms with Crippen molar-refractivity contribution in [2.45, 2.75) is 26.4 Å². The summed E-state index contributed by atoms with van der Waals surface area (Å²) in [6, 6.07) is 24.8. The van der Waals surface area contributed by atoms with E-state index < -0.39 is 6.04 Å². The number of carbonyl (C=O) groups is 1. The van der Waals surface area contributed by atoms with E-state index in [0.29, 0.717) is 46.1 Å². The van der Waals surface area contributed by atoms with E-state index >= 15 is 0 Å². The van der Waals surface area contributed by atoms with Crippen LogP contribution in [0.4, 0.5) is 0 Å². The Labute approximate surface area is 228 Å². The lowest BCUT2D eigenvalue weighted by Gasteiger charge is -2.30. The molecule has 0 fully saturated rings. The van der Waals surface area contributed by atoms with Crippen LogP contribution >= 0.6 is 15.9 Å². The SMILES string of the molecule is CCOc1ccccc1-n1c(C(C)N(Cc2ccco2)C(=O)c2cccc(Br)c2)nc2ccccc2c1=O. The Kier molecular flexibility index (Phi) is 7.42. The van der Waals surface area contributed by atoms with Gasteiger partial charge in [-0.15, -0.1) is 0 Å². The second kappa shape index (κ2) is 11.1. The number of benzene rings is 3. The van der Waals surface area contributed by atoms with Crippen molar-refractivity contribution in [1.29, 1.82) is 0 Å². The third-order valence-corrected chi connectivity index (χ3v) is 6.78. The van der Waals surface area contributed by atoms with Crippen LogP contribution in [0.1, 0.15) is 41.8 Å². The molecule has 192 valence electrons. The van der Waals surface area contributed by atoms with Crippen LogP contribution in [-0.2, 0) is 6.54 Å². The first-order chi connectivity index (χ1) is 18.5. The van der Waals surface area contributed by atoms with Crippen molar-refractivity contribution in [1.82, 2.24) is 14.5 Å². The zero-order chi connectivity index (χ0) is 26.6. The van der Waals surface area contributed by atoms with Gasteiger partial charge in [0.2, 0.25) is 0 Å². The van der Waals surface area contributed by atoms with Gasteiger partial charge in [0, 0.05) is 10.0 Å². The minimum atomic E-state index is -0.612. The number of hydrogen-bond acceptors (Lipinski definition) is 5. The van der Waals surface area contributed by atoms with Crippen molar-refractivity contribution in [3.8, 4) is 11.4 Å². The van der Waals surface area contributed by atoms with Gasteiger partial charge in [-0.2, -0.15) is 0 Å². The van der Waals surface area contributed by atoms with Crippen LogP contribution in [0.3, 0.4) is 0 Å². The summed E-state index contributed by atoms with van der Waals surface area (Å²) in [7, 11) is 0. The van der Waals surface area contributed by atoms with Gasteiger partial charge in [0.1, 0.15) is 17.3 Å². The van der Waals surface area contributed by atoms with E-state index in [1.54, 1.807) is 46.1 Å². The lowest BCUT2D eigenvalue weighted by Crippen LogP contribution is -2.37. The quantitative estimate of drug-likeness (QED) is 0.211. The summed E-state index contributed by atoms with van der Waals surface area (Å²) in [5, 5.41) is 0.477. The molecule has 0 aliphatic carbocycles. The number of rotatable bonds is 8. The highest BCUT2D eigenvalue weighted by molar-refractivity contribution is 9.10. The maximum Gasteiger partial charge on any atom is 0.266 e. The van der Waals surface area contributed by atoms with Gasteiger partial charge in [-0.25, -0.2) is 4.98 Å². The van der Waals surface area contributed by atoms with Gasteiger partial charge in [-0.3, -0.25) is 14.2 Å². The molecule has 0 bridgehead atoms. The van der Waals surface area contributed by atoms with Crippen molar-refractivity contribution >= 4 is 32.7 Å². The van der Waals surface area contributed by atoms with Crippen molar-refractivity contribution in [2.75, 3.05) is 6.61 Å². The largest absolute Gasteiger partial charge is 0.492 e. The van der Waals surface area contributed by atoms with Crippen molar-refractivity contribution in [3.63, 3.8) is 0 Å². The first-order valence-corrected chi connectivity index (χ1v) is 13.1. The van der Waals surface area contributed by atoms with E-state index in [9.17, 15) is 9.59 Å². The smallest absolute Gasteiger partial charge is 0.266 e. The third-order valence-electron chi connectivity index (χ3n) is 6.29. The van der Waals surface area contributed by atoms with Crippen molar-refractivity contribution < 1.29 is 13.9 Å². The highest BCUT2D eigenvalue weighted by atomic mass is 79.9. The molecule has 8 heteroatoms. The molecular formula is C30H26BrN3O4. The minimum Gasteiger partial charge on any atom is -0.492 e. The van der Waals surface area contributed by atoms with Crippen LogP contribution < -0.4 is 10.3 Å². The first-order valence-electron chi connectivity index (χ1n) is 12.3. The number of carbonyl (C=O) groups excluding carboxylic acids is 1. The number of furan rings is 1. The average molecular weight is 572 g/mol. The highest BCUT2D eigenvalue weighted by Gasteiger charge is 2.29. The topological polar surface area (TPSA) is 77.6 Å². The van der Waals surface area contributed by atoms with E-state index in [1.165, 1.54) is 0 Å². The Morgan fingerprint density at radius 3 is 2.61 bits per heavy atom. The summed E-state index contributed by atoms with van der Waals surface area (Å²) in [6.07, 6.45) is 1.57. The second-order valence-corrected chi connectivity index (χ2v) is 9.64. The molecule has 0 spiro atoms. The maximum absolute atomic E-state index is 14.0. The van der Waals surface area contributed by atoms with Crippen LogP contribution in [0, 0.1) is 0 Å². The fourth-order valence-electron chi connectivity index (χ4n) is 4.46. The molecule has 0 saturated carbocycles. The minimum absolute atomic E-state index is 0.190. The van der Waals surface area contributed by atoms with Crippen LogP contribution in [0.25, 0.3) is 16.6 Å². The number of hydrogen-bond donors (Lipinski definition) is 0. The lowest BCUT2D eigenvalue weighted by atomic mass is 10.1. The van der Waals surface area contributed by atoms with Gasteiger partial charge >= 0.3 is 0 Å². The summed E-state index contributed by atoms with van der Waals surface area (Å²) in [4.78, 5) is 34.5. The molecule has 0 N–H and O–H groups in total. The summed E-state index contributed by atoms with van der Waals surface area (Å²) in [5.41, 5.74) is 1.38. The zero-order valence-corrected chi connectivity index (χ0v) is 22.6. The molecule has 1 amide bonds. The fraction of sp³-hybridized carbons (Fsp3) is 0.167. The number of amides is 1. The summed E-state index contributed by atoms with van der Waals surface area (Å²) < 4.78 is 13.8. The van der Waals surface area contributed by atoms with Gasteiger partial charge in [0.05, 0.1) is 42.0 Å². The van der Waals surface area contributed by atoms with Crippen LogP contribution in [-0.4, -0.2) is 27.0 Å². The number of fused-ring (bicyclic) bond motifs is 1. The predicted octanol–water partition coefficient (Wildman–Crippen LogP) is 6.54. The summed E-state index contributed by atoms with van der Waals surface area (Å²) >= 11 is 3.46. The van der Waals surface area contributed by atoms with Gasteiger partial charge in [-0.1, -0.05) is 46.3 Å². The Hall–Kier alpha value is -4.17. The number of nitrogens with zero attached hydrogens (tertiary/aromatic N) is 3. The average Bonchev–Trinajstić information content (AvgIpc) is 3.45. The zero-order valence-electron chi connectivity index (χ0n) is 21.0. The van der Waals surface area contributed by atoms with Crippen LogP contribution in [0.15, 0.2) is 105 Å². The van der Waals surface area contributed by atoms with E-state index in [2.05, 4.69) is 15.9 Å². The molecule has 1 unspecified atom stereocenters. The number of para-hydroxylation sites is 3. The molecule has 5 rings (SSSR count). The van der Waals surface area contributed by atoms with Crippen molar-refractivity contribution in [3.05, 3.63) is 123 Å². The highest BCUT2D eigenvalue weighted by Crippen LogP contribution is 2.30. The number of aromatic nitrogens is 2. The molecule has 3 aromatic carbocycles. The molecule has 0 saturated heterocycles. The normalized spacial score (nSPS) is 11.9. The molecule has 2 heterocycles. The molecular weight excluding hydrogens is 546 g/mol. The Bertz CT molecular complexity index is 1650. The van der Waals surface area contributed by atoms with Gasteiger partial charge in [0.15, 0.2) is 0 Å². The fourth-order valence-corrected chi connectivity index (χ4v) is 4.86. The molecule has 0 aliphatic heterocycles. The van der Waals surface area contributed by atoms with E-state index in [-0.39, 0.29) is 18.0 Å². The molecule has 1 atom stereocenters. The van der Waals surface area contributed by atoms with E-state index in [0.717, 1.165) is 4.47 Å². The molecule has 5 aromatic rings. The number of halogens is 1. The molecule has 38 heavy (non-hydrogen) atoms. The standard InChI is InChI=1S/C30H26BrN3O4/c1-3-37-27-16-7-6-15-26(27)34-28(32-25-14-5-4-13-24(25)30(34)36)20(2)33(19-23-12-9-17-38-23)29(35)21-10-8-11-22(31)18-21/h4-18,20H,3,19H2,1-2H3.